The van der Waals surface area contributed by atoms with Gasteiger partial charge in [-0.15, -0.1) is 0 Å². The summed E-state index contributed by atoms with van der Waals surface area (Å²) in [6, 6.07) is 7.53. The normalized spacial score (nSPS) is 19.4. The minimum Gasteiger partial charge on any atom is -0.494 e. The second kappa shape index (κ2) is 7.87. The quantitative estimate of drug-likeness (QED) is 0.849. The molecule has 2 amide bonds. The first-order chi connectivity index (χ1) is 12.1. The Labute approximate surface area is 149 Å². The summed E-state index contributed by atoms with van der Waals surface area (Å²) < 4.78 is 5.41. The van der Waals surface area contributed by atoms with Crippen LogP contribution >= 0.6 is 0 Å². The lowest BCUT2D eigenvalue weighted by Crippen LogP contribution is -2.55. The molecule has 1 aliphatic carbocycles. The van der Waals surface area contributed by atoms with Gasteiger partial charge < -0.3 is 15.0 Å². The maximum absolute atomic E-state index is 12.6. The highest BCUT2D eigenvalue weighted by Gasteiger charge is 2.31. The Morgan fingerprint density at radius 2 is 1.80 bits per heavy atom. The number of benzene rings is 1. The molecule has 3 rings (SSSR count). The highest BCUT2D eigenvalue weighted by Crippen LogP contribution is 2.19. The van der Waals surface area contributed by atoms with Crippen molar-refractivity contribution in [3.8, 4) is 5.75 Å². The lowest BCUT2D eigenvalue weighted by atomic mass is 10.1. The number of nitrogens with zero attached hydrogens (tertiary/aromatic N) is 2. The van der Waals surface area contributed by atoms with Gasteiger partial charge in [-0.1, -0.05) is 0 Å². The minimum atomic E-state index is -0.136. The van der Waals surface area contributed by atoms with Gasteiger partial charge in [-0.2, -0.15) is 0 Å². The van der Waals surface area contributed by atoms with Crippen molar-refractivity contribution in [3.63, 3.8) is 0 Å². The van der Waals surface area contributed by atoms with Gasteiger partial charge in [-0.3, -0.25) is 14.5 Å². The van der Waals surface area contributed by atoms with E-state index in [-0.39, 0.29) is 17.9 Å². The van der Waals surface area contributed by atoms with Gasteiger partial charge in [-0.25, -0.2) is 0 Å². The van der Waals surface area contributed by atoms with Crippen LogP contribution in [0.5, 0.6) is 5.75 Å². The predicted molar refractivity (Wildman–Crippen MR) is 95.7 cm³/mol. The van der Waals surface area contributed by atoms with Crippen LogP contribution in [0.4, 0.5) is 0 Å². The lowest BCUT2D eigenvalue weighted by Gasteiger charge is -2.37. The number of ether oxygens (including phenoxy) is 1. The van der Waals surface area contributed by atoms with Crippen LogP contribution in [-0.2, 0) is 4.79 Å². The third-order valence-electron chi connectivity index (χ3n) is 4.86. The van der Waals surface area contributed by atoms with Crippen LogP contribution < -0.4 is 10.1 Å². The van der Waals surface area contributed by atoms with Crippen molar-refractivity contribution in [1.82, 2.24) is 15.1 Å². The van der Waals surface area contributed by atoms with Crippen LogP contribution in [0, 0.1) is 0 Å². The van der Waals surface area contributed by atoms with E-state index in [2.05, 4.69) is 10.2 Å². The molecule has 1 atom stereocenters. The first-order valence-electron chi connectivity index (χ1n) is 9.15. The van der Waals surface area contributed by atoms with E-state index in [1.165, 1.54) is 0 Å². The van der Waals surface area contributed by atoms with Gasteiger partial charge in [0.05, 0.1) is 12.6 Å². The fraction of sp³-hybridized carbons (Fsp3) is 0.579. The van der Waals surface area contributed by atoms with Crippen LogP contribution in [0.15, 0.2) is 24.3 Å². The van der Waals surface area contributed by atoms with Gasteiger partial charge in [0.15, 0.2) is 0 Å². The molecule has 2 fully saturated rings. The molecule has 6 nitrogen and oxygen atoms in total. The topological polar surface area (TPSA) is 61.9 Å². The second-order valence-electron chi connectivity index (χ2n) is 6.74. The minimum absolute atomic E-state index is 0.0396. The molecule has 1 aliphatic heterocycles. The molecule has 0 aromatic heterocycles. The largest absolute Gasteiger partial charge is 0.494 e. The molecule has 0 radical (unpaired) electrons. The Hall–Kier alpha value is -2.08. The number of carbonyl (C=O) groups is 2. The van der Waals surface area contributed by atoms with Crippen molar-refractivity contribution < 1.29 is 14.3 Å². The van der Waals surface area contributed by atoms with E-state index in [0.29, 0.717) is 31.3 Å². The van der Waals surface area contributed by atoms with Gasteiger partial charge in [0.2, 0.25) is 5.91 Å². The predicted octanol–water partition coefficient (Wildman–Crippen LogP) is 1.51. The summed E-state index contributed by atoms with van der Waals surface area (Å²) in [5.74, 6) is 0.922. The number of hydrogen-bond donors (Lipinski definition) is 1. The highest BCUT2D eigenvalue weighted by molar-refractivity contribution is 5.94. The number of piperazine rings is 1. The van der Waals surface area contributed by atoms with Crippen molar-refractivity contribution in [1.29, 1.82) is 0 Å². The Morgan fingerprint density at radius 3 is 2.36 bits per heavy atom. The zero-order valence-corrected chi connectivity index (χ0v) is 15.0. The number of rotatable bonds is 6. The van der Waals surface area contributed by atoms with Crippen molar-refractivity contribution in [2.75, 3.05) is 32.8 Å². The maximum atomic E-state index is 12.6. The lowest BCUT2D eigenvalue weighted by molar-refractivity contribution is -0.126. The Kier molecular flexibility index (Phi) is 5.58. The third kappa shape index (κ3) is 4.51. The third-order valence-corrected chi connectivity index (χ3v) is 4.86. The van der Waals surface area contributed by atoms with E-state index >= 15 is 0 Å². The summed E-state index contributed by atoms with van der Waals surface area (Å²) in [5, 5.41) is 3.05. The monoisotopic (exact) mass is 345 g/mol. The molecular formula is C19H27N3O3. The molecule has 0 spiro atoms. The molecule has 1 saturated carbocycles. The fourth-order valence-electron chi connectivity index (χ4n) is 3.07. The first-order valence-corrected chi connectivity index (χ1v) is 9.15. The molecule has 1 unspecified atom stereocenters. The first kappa shape index (κ1) is 17.7. The fourth-order valence-corrected chi connectivity index (χ4v) is 3.07. The molecule has 1 aromatic carbocycles. The summed E-state index contributed by atoms with van der Waals surface area (Å²) in [6.07, 6.45) is 2.20. The molecule has 1 saturated heterocycles. The van der Waals surface area contributed by atoms with Gasteiger partial charge >= 0.3 is 0 Å². The van der Waals surface area contributed by atoms with Crippen molar-refractivity contribution >= 4 is 11.8 Å². The van der Waals surface area contributed by atoms with Gasteiger partial charge in [0.25, 0.3) is 5.91 Å². The summed E-state index contributed by atoms with van der Waals surface area (Å²) in [6.45, 7) is 7.23. The van der Waals surface area contributed by atoms with Crippen LogP contribution in [0.25, 0.3) is 0 Å². The Balaban J connectivity index is 1.50. The summed E-state index contributed by atoms with van der Waals surface area (Å²) in [5.41, 5.74) is 0.677. The molecule has 136 valence electrons. The van der Waals surface area contributed by atoms with Crippen LogP contribution in [0.2, 0.25) is 0 Å². The molecule has 0 bridgehead atoms. The number of amides is 2. The molecule has 1 N–H and O–H groups in total. The maximum Gasteiger partial charge on any atom is 0.253 e. The molecule has 2 aliphatic rings. The number of hydrogen-bond acceptors (Lipinski definition) is 4. The van der Waals surface area contributed by atoms with Crippen molar-refractivity contribution in [2.24, 2.45) is 0 Å². The van der Waals surface area contributed by atoms with Crippen molar-refractivity contribution in [2.45, 2.75) is 38.8 Å². The summed E-state index contributed by atoms with van der Waals surface area (Å²) >= 11 is 0. The van der Waals surface area contributed by atoms with Crippen LogP contribution in [0.1, 0.15) is 37.0 Å². The van der Waals surface area contributed by atoms with Gasteiger partial charge in [-0.05, 0) is 51.0 Å². The molecule has 1 aromatic rings. The summed E-state index contributed by atoms with van der Waals surface area (Å²) in [4.78, 5) is 28.8. The average Bonchev–Trinajstić information content (AvgIpc) is 3.45. The molecule has 1 heterocycles. The van der Waals surface area contributed by atoms with E-state index < -0.39 is 0 Å². The van der Waals surface area contributed by atoms with Gasteiger partial charge in [0, 0.05) is 37.8 Å². The average molecular weight is 345 g/mol. The highest BCUT2D eigenvalue weighted by atomic mass is 16.5. The molecular weight excluding hydrogens is 318 g/mol. The van der Waals surface area contributed by atoms with E-state index in [1.54, 1.807) is 0 Å². The number of carbonyl (C=O) groups excluding carboxylic acids is 2. The van der Waals surface area contributed by atoms with E-state index in [1.807, 2.05) is 43.0 Å². The van der Waals surface area contributed by atoms with E-state index in [0.717, 1.165) is 31.7 Å². The Bertz CT molecular complexity index is 605. The van der Waals surface area contributed by atoms with Crippen LogP contribution in [-0.4, -0.2) is 66.5 Å². The standard InChI is InChI=1S/C19H27N3O3/c1-3-25-17-8-4-15(5-9-17)19(24)22-12-10-21(11-13-22)14(2)18(23)20-16-6-7-16/h4-5,8-9,14,16H,3,6-7,10-13H2,1-2H3,(H,20,23). The van der Waals surface area contributed by atoms with Crippen molar-refractivity contribution in [3.05, 3.63) is 29.8 Å². The zero-order chi connectivity index (χ0) is 17.8. The molecule has 25 heavy (non-hydrogen) atoms. The molecule has 6 heteroatoms. The van der Waals surface area contributed by atoms with Crippen LogP contribution in [0.3, 0.4) is 0 Å². The number of nitrogens with one attached hydrogen (secondary N) is 1. The smallest absolute Gasteiger partial charge is 0.253 e. The Morgan fingerprint density at radius 1 is 1.16 bits per heavy atom. The van der Waals surface area contributed by atoms with E-state index in [9.17, 15) is 9.59 Å². The van der Waals surface area contributed by atoms with Gasteiger partial charge in [0.1, 0.15) is 5.75 Å². The van der Waals surface area contributed by atoms with E-state index in [4.69, 9.17) is 4.74 Å². The summed E-state index contributed by atoms with van der Waals surface area (Å²) in [7, 11) is 0. The SMILES string of the molecule is CCOc1ccc(C(=O)N2CCN(C(C)C(=O)NC3CC3)CC2)cc1. The zero-order valence-electron chi connectivity index (χ0n) is 15.0. The second-order valence-corrected chi connectivity index (χ2v) is 6.74.